The van der Waals surface area contributed by atoms with Gasteiger partial charge in [0.15, 0.2) is 11.3 Å². The van der Waals surface area contributed by atoms with Crippen molar-refractivity contribution in [2.24, 2.45) is 0 Å². The van der Waals surface area contributed by atoms with Crippen LogP contribution in [0.15, 0.2) is 53.2 Å². The van der Waals surface area contributed by atoms with Crippen LogP contribution in [0, 0.1) is 11.3 Å². The van der Waals surface area contributed by atoms with Gasteiger partial charge in [-0.05, 0) is 42.7 Å². The van der Waals surface area contributed by atoms with Crippen LogP contribution in [-0.4, -0.2) is 60.3 Å². The van der Waals surface area contributed by atoms with Gasteiger partial charge in [-0.1, -0.05) is 6.07 Å². The number of amides is 1. The van der Waals surface area contributed by atoms with Crippen molar-refractivity contribution in [1.82, 2.24) is 14.9 Å². The van der Waals surface area contributed by atoms with E-state index in [-0.39, 0.29) is 12.0 Å². The second-order valence-electron chi connectivity index (χ2n) is 9.71. The fraction of sp³-hybridized carbons (Fsp3) is 0.333. The van der Waals surface area contributed by atoms with Crippen molar-refractivity contribution in [1.29, 1.82) is 5.26 Å². The molecule has 2 aliphatic heterocycles. The molecule has 5 heterocycles. The number of carbonyl (C=O) groups excluding carboxylic acids is 1. The third kappa shape index (κ3) is 4.91. The number of furan rings is 1. The number of aromatic nitrogens is 2. The molecule has 9 heteroatoms. The number of benzene rings is 1. The maximum atomic E-state index is 12.9. The first-order valence-electron chi connectivity index (χ1n) is 13.2. The van der Waals surface area contributed by atoms with Gasteiger partial charge >= 0.3 is 0 Å². The maximum absolute atomic E-state index is 12.9. The number of ether oxygens (including phenoxy) is 3. The van der Waals surface area contributed by atoms with E-state index < -0.39 is 0 Å². The minimum Gasteiger partial charge on any atom is -0.494 e. The summed E-state index contributed by atoms with van der Waals surface area (Å²) in [5.41, 5.74) is 4.24. The van der Waals surface area contributed by atoms with Gasteiger partial charge in [-0.2, -0.15) is 5.26 Å². The van der Waals surface area contributed by atoms with E-state index in [0.29, 0.717) is 58.4 Å². The van der Waals surface area contributed by atoms with Crippen molar-refractivity contribution in [3.63, 3.8) is 0 Å². The van der Waals surface area contributed by atoms with Crippen molar-refractivity contribution in [3.8, 4) is 40.1 Å². The van der Waals surface area contributed by atoms with Crippen LogP contribution in [-0.2, 0) is 4.74 Å². The number of fused-ring (bicyclic) bond motifs is 1. The highest BCUT2D eigenvalue weighted by Gasteiger charge is 2.23. The van der Waals surface area contributed by atoms with Gasteiger partial charge in [0.05, 0.1) is 31.5 Å². The highest BCUT2D eigenvalue weighted by molar-refractivity contribution is 5.96. The van der Waals surface area contributed by atoms with E-state index in [1.54, 1.807) is 31.6 Å². The van der Waals surface area contributed by atoms with Gasteiger partial charge in [-0.25, -0.2) is 4.98 Å². The summed E-state index contributed by atoms with van der Waals surface area (Å²) in [6.45, 7) is 2.85. The van der Waals surface area contributed by atoms with E-state index in [1.807, 2.05) is 29.2 Å². The molecule has 0 spiro atoms. The molecule has 6 rings (SSSR count). The molecule has 2 aliphatic rings. The molecule has 198 valence electrons. The Morgan fingerprint density at radius 3 is 2.67 bits per heavy atom. The molecule has 0 unspecified atom stereocenters. The summed E-state index contributed by atoms with van der Waals surface area (Å²) >= 11 is 0. The Labute approximate surface area is 225 Å². The standard InChI is InChI=1S/C30H28N4O5/c1-36-26-15-21(30(35)34-10-2-3-11-34)18-33-28(26)27-16-24-29(39-27)23(6-9-32-24)19-4-5-25(20(14-19)17-31)38-22-7-12-37-13-8-22/h4-6,9,14-16,18,22H,2-3,7-8,10-13H2,1H3. The topological polar surface area (TPSA) is 111 Å². The fourth-order valence-electron chi connectivity index (χ4n) is 5.15. The molecule has 0 atom stereocenters. The van der Waals surface area contributed by atoms with Crippen LogP contribution in [0.1, 0.15) is 41.6 Å². The van der Waals surface area contributed by atoms with Crippen molar-refractivity contribution < 1.29 is 23.4 Å². The summed E-state index contributed by atoms with van der Waals surface area (Å²) in [6.07, 6.45) is 6.95. The number of likely N-dealkylation sites (tertiary alicyclic amines) is 1. The largest absolute Gasteiger partial charge is 0.494 e. The predicted octanol–water partition coefficient (Wildman–Crippen LogP) is 5.23. The van der Waals surface area contributed by atoms with Gasteiger partial charge in [0, 0.05) is 50.0 Å². The minimum absolute atomic E-state index is 0.0384. The van der Waals surface area contributed by atoms with Crippen molar-refractivity contribution in [2.75, 3.05) is 33.4 Å². The molecule has 9 nitrogen and oxygen atoms in total. The average molecular weight is 525 g/mol. The Balaban J connectivity index is 1.33. The van der Waals surface area contributed by atoms with E-state index in [2.05, 4.69) is 16.0 Å². The summed E-state index contributed by atoms with van der Waals surface area (Å²) in [6, 6.07) is 13.2. The third-order valence-electron chi connectivity index (χ3n) is 7.23. The quantitative estimate of drug-likeness (QED) is 0.337. The molecule has 0 aliphatic carbocycles. The number of nitrogens with zero attached hydrogens (tertiary/aromatic N) is 4. The first-order valence-corrected chi connectivity index (χ1v) is 13.2. The van der Waals surface area contributed by atoms with Crippen molar-refractivity contribution in [3.05, 3.63) is 59.9 Å². The number of rotatable bonds is 6. The number of pyridine rings is 2. The van der Waals surface area contributed by atoms with Gasteiger partial charge in [0.2, 0.25) is 0 Å². The van der Waals surface area contributed by atoms with Crippen molar-refractivity contribution >= 4 is 17.0 Å². The second-order valence-corrected chi connectivity index (χ2v) is 9.71. The van der Waals surface area contributed by atoms with Crippen LogP contribution in [0.2, 0.25) is 0 Å². The van der Waals surface area contributed by atoms with E-state index >= 15 is 0 Å². The number of hydrogen-bond acceptors (Lipinski definition) is 8. The Kier molecular flexibility index (Phi) is 6.86. The molecule has 1 amide bonds. The lowest BCUT2D eigenvalue weighted by atomic mass is 10.0. The summed E-state index contributed by atoms with van der Waals surface area (Å²) in [7, 11) is 1.55. The van der Waals surface area contributed by atoms with Crippen LogP contribution in [0.25, 0.3) is 33.7 Å². The van der Waals surface area contributed by atoms with Gasteiger partial charge in [-0.15, -0.1) is 0 Å². The maximum Gasteiger partial charge on any atom is 0.255 e. The first kappa shape index (κ1) is 24.9. The third-order valence-corrected chi connectivity index (χ3v) is 7.23. The molecule has 0 radical (unpaired) electrons. The zero-order chi connectivity index (χ0) is 26.8. The monoisotopic (exact) mass is 524 g/mol. The fourth-order valence-corrected chi connectivity index (χ4v) is 5.15. The smallest absolute Gasteiger partial charge is 0.255 e. The molecule has 4 aromatic rings. The Morgan fingerprint density at radius 1 is 1.08 bits per heavy atom. The van der Waals surface area contributed by atoms with E-state index in [1.165, 1.54) is 0 Å². The van der Waals surface area contributed by atoms with Crippen LogP contribution in [0.3, 0.4) is 0 Å². The molecule has 3 aromatic heterocycles. The molecule has 0 saturated carbocycles. The molecule has 1 aromatic carbocycles. The van der Waals surface area contributed by atoms with Gasteiger partial charge in [0.1, 0.15) is 34.9 Å². The summed E-state index contributed by atoms with van der Waals surface area (Å²) in [5.74, 6) is 1.44. The lowest BCUT2D eigenvalue weighted by Gasteiger charge is -2.23. The summed E-state index contributed by atoms with van der Waals surface area (Å²) in [5, 5.41) is 9.83. The highest BCUT2D eigenvalue weighted by Crippen LogP contribution is 2.37. The molecule has 0 bridgehead atoms. The molecular formula is C30H28N4O5. The Hall–Kier alpha value is -4.42. The molecular weight excluding hydrogens is 496 g/mol. The van der Waals surface area contributed by atoms with Crippen molar-refractivity contribution in [2.45, 2.75) is 31.8 Å². The summed E-state index contributed by atoms with van der Waals surface area (Å²) in [4.78, 5) is 23.7. The SMILES string of the molecule is COc1cc(C(=O)N2CCCC2)cnc1-c1cc2nccc(-c3ccc(OC4CCOCC4)c(C#N)c3)c2o1. The van der Waals surface area contributed by atoms with Crippen LogP contribution in [0.4, 0.5) is 0 Å². The van der Waals surface area contributed by atoms with Gasteiger partial charge in [0.25, 0.3) is 5.91 Å². The van der Waals surface area contributed by atoms with Crippen LogP contribution >= 0.6 is 0 Å². The van der Waals surface area contributed by atoms with E-state index in [4.69, 9.17) is 18.6 Å². The minimum atomic E-state index is -0.0454. The van der Waals surface area contributed by atoms with E-state index in [9.17, 15) is 10.1 Å². The van der Waals surface area contributed by atoms with Gasteiger partial charge in [-0.3, -0.25) is 9.78 Å². The average Bonchev–Trinajstić information content (AvgIpc) is 3.68. The summed E-state index contributed by atoms with van der Waals surface area (Å²) < 4.78 is 23.4. The van der Waals surface area contributed by atoms with E-state index in [0.717, 1.165) is 49.9 Å². The number of carbonyl (C=O) groups is 1. The number of nitriles is 1. The number of hydrogen-bond donors (Lipinski definition) is 0. The second kappa shape index (κ2) is 10.8. The van der Waals surface area contributed by atoms with Gasteiger partial charge < -0.3 is 23.5 Å². The molecule has 0 N–H and O–H groups in total. The highest BCUT2D eigenvalue weighted by atomic mass is 16.5. The lowest BCUT2D eigenvalue weighted by Crippen LogP contribution is -2.27. The predicted molar refractivity (Wildman–Crippen MR) is 144 cm³/mol. The molecule has 2 fully saturated rings. The lowest BCUT2D eigenvalue weighted by molar-refractivity contribution is 0.0254. The molecule has 2 saturated heterocycles. The first-order chi connectivity index (χ1) is 19.1. The Morgan fingerprint density at radius 2 is 1.90 bits per heavy atom. The van der Waals surface area contributed by atoms with Crippen LogP contribution < -0.4 is 9.47 Å². The zero-order valence-corrected chi connectivity index (χ0v) is 21.7. The molecule has 39 heavy (non-hydrogen) atoms. The normalized spacial score (nSPS) is 15.8. The Bertz CT molecular complexity index is 1560. The number of methoxy groups -OCH3 is 1. The zero-order valence-electron chi connectivity index (χ0n) is 21.7. The van der Waals surface area contributed by atoms with Crippen LogP contribution in [0.5, 0.6) is 11.5 Å².